The van der Waals surface area contributed by atoms with Gasteiger partial charge in [0.15, 0.2) is 0 Å². The van der Waals surface area contributed by atoms with Crippen LogP contribution >= 0.6 is 0 Å². The number of anilines is 9. The average Bonchev–Trinajstić information content (AvgIpc) is 1.51. The Morgan fingerprint density at radius 3 is 1.00 bits per heavy atom. The van der Waals surface area contributed by atoms with E-state index >= 15 is 0 Å². The molecule has 15 aromatic carbocycles. The third-order valence-corrected chi connectivity index (χ3v) is 20.6. The van der Waals surface area contributed by atoms with Gasteiger partial charge in [0, 0.05) is 56.6 Å². The molecule has 0 aliphatic heterocycles. The average molecular weight is 1240 g/mol. The van der Waals surface area contributed by atoms with Crippen LogP contribution in [0.2, 0.25) is 0 Å². The molecule has 18 rings (SSSR count). The zero-order chi connectivity index (χ0) is 64.6. The summed E-state index contributed by atoms with van der Waals surface area (Å²) < 4.78 is 0. The molecule has 3 heteroatoms. The molecule has 0 saturated heterocycles. The molecule has 458 valence electrons. The van der Waals surface area contributed by atoms with E-state index in [0.29, 0.717) is 0 Å². The fourth-order valence-corrected chi connectivity index (χ4v) is 16.2. The minimum absolute atomic E-state index is 0.269. The highest BCUT2D eigenvalue weighted by atomic mass is 15.2. The first-order valence-corrected chi connectivity index (χ1v) is 33.7. The van der Waals surface area contributed by atoms with E-state index in [1.54, 1.807) is 0 Å². The lowest BCUT2D eigenvalue weighted by atomic mass is 9.70. The second kappa shape index (κ2) is 23.3. The molecule has 0 heterocycles. The van der Waals surface area contributed by atoms with Crippen molar-refractivity contribution in [2.24, 2.45) is 0 Å². The molecule has 0 saturated carbocycles. The minimum atomic E-state index is -0.501. The fourth-order valence-electron chi connectivity index (χ4n) is 16.2. The lowest BCUT2D eigenvalue weighted by Crippen LogP contribution is -2.26. The molecule has 0 bridgehead atoms. The number of fused-ring (bicyclic) bond motifs is 13. The van der Waals surface area contributed by atoms with Gasteiger partial charge in [0.1, 0.15) is 0 Å². The van der Waals surface area contributed by atoms with Crippen LogP contribution in [0.4, 0.5) is 51.2 Å². The Morgan fingerprint density at radius 2 is 0.495 bits per heavy atom. The van der Waals surface area contributed by atoms with Crippen LogP contribution in [0.3, 0.4) is 0 Å². The minimum Gasteiger partial charge on any atom is -0.310 e. The van der Waals surface area contributed by atoms with Gasteiger partial charge in [-0.05, 0) is 214 Å². The quantitative estimate of drug-likeness (QED) is 0.114. The standard InChI is InChI=1S/C94H67N3/c1-93(2)87-56-49-69(65-29-10-4-11-30-65)58-86(87)84-55-52-77(62-91(84)93)97(76-50-53-79(66-31-12-5-13-32-66)85(61-76)67-33-14-6-15-34-67)75-42-26-41-74(60-75)96(71-38-24-35-68(57-71)64-27-8-3-9-28-64)73-40-25-39-72(59-73)95(70-36-16-7-17-37-70)78-51-54-83-82-45-20-23-48-90(82)94(92(83)63-78)88-46-21-18-43-80(88)81-44-19-22-47-89(81)94/h3-63H,1-2H3. The Hall–Kier alpha value is -12.3. The Morgan fingerprint density at radius 1 is 0.165 bits per heavy atom. The van der Waals surface area contributed by atoms with E-state index in [-0.39, 0.29) is 5.41 Å². The number of para-hydroxylation sites is 1. The maximum absolute atomic E-state index is 2.49. The van der Waals surface area contributed by atoms with Crippen LogP contribution in [-0.2, 0) is 10.8 Å². The summed E-state index contributed by atoms with van der Waals surface area (Å²) in [7, 11) is 0. The molecule has 0 N–H and O–H groups in total. The van der Waals surface area contributed by atoms with Gasteiger partial charge in [0.05, 0.1) is 5.41 Å². The van der Waals surface area contributed by atoms with Crippen molar-refractivity contribution in [2.75, 3.05) is 14.7 Å². The van der Waals surface area contributed by atoms with Crippen LogP contribution < -0.4 is 14.7 Å². The Kier molecular flexibility index (Phi) is 13.8. The van der Waals surface area contributed by atoms with Crippen molar-refractivity contribution in [2.45, 2.75) is 24.7 Å². The van der Waals surface area contributed by atoms with Crippen molar-refractivity contribution in [3.8, 4) is 77.9 Å². The predicted molar refractivity (Wildman–Crippen MR) is 406 cm³/mol. The zero-order valence-corrected chi connectivity index (χ0v) is 54.1. The first-order chi connectivity index (χ1) is 47.9. The van der Waals surface area contributed by atoms with Gasteiger partial charge in [0.2, 0.25) is 0 Å². The number of hydrogen-bond acceptors (Lipinski definition) is 3. The van der Waals surface area contributed by atoms with Crippen LogP contribution in [0.5, 0.6) is 0 Å². The molecule has 97 heavy (non-hydrogen) atoms. The molecule has 0 amide bonds. The van der Waals surface area contributed by atoms with Gasteiger partial charge in [-0.1, -0.05) is 281 Å². The van der Waals surface area contributed by atoms with E-state index in [1.165, 1.54) is 89.0 Å². The van der Waals surface area contributed by atoms with Crippen LogP contribution in [-0.4, -0.2) is 0 Å². The van der Waals surface area contributed by atoms with Crippen molar-refractivity contribution >= 4 is 51.2 Å². The lowest BCUT2D eigenvalue weighted by molar-refractivity contribution is 0.660. The van der Waals surface area contributed by atoms with E-state index < -0.39 is 5.41 Å². The summed E-state index contributed by atoms with van der Waals surface area (Å²) in [5, 5.41) is 0. The van der Waals surface area contributed by atoms with Gasteiger partial charge in [-0.25, -0.2) is 0 Å². The number of nitrogens with zero attached hydrogens (tertiary/aromatic N) is 3. The molecule has 0 radical (unpaired) electrons. The second-order valence-corrected chi connectivity index (χ2v) is 26.4. The molecular formula is C94H67N3. The number of rotatable bonds is 13. The van der Waals surface area contributed by atoms with E-state index in [1.807, 2.05) is 0 Å². The molecule has 0 unspecified atom stereocenters. The highest BCUT2D eigenvalue weighted by Gasteiger charge is 2.52. The third-order valence-electron chi connectivity index (χ3n) is 20.6. The van der Waals surface area contributed by atoms with E-state index in [4.69, 9.17) is 0 Å². The molecule has 15 aromatic rings. The molecule has 0 atom stereocenters. The van der Waals surface area contributed by atoms with Gasteiger partial charge in [-0.3, -0.25) is 0 Å². The Balaban J connectivity index is 0.821. The maximum atomic E-state index is 2.49. The van der Waals surface area contributed by atoms with Gasteiger partial charge >= 0.3 is 0 Å². The van der Waals surface area contributed by atoms with Gasteiger partial charge in [-0.2, -0.15) is 0 Å². The summed E-state index contributed by atoms with van der Waals surface area (Å²) in [6, 6.07) is 137. The van der Waals surface area contributed by atoms with Crippen LogP contribution in [0.1, 0.15) is 47.2 Å². The Bertz CT molecular complexity index is 5440. The molecule has 0 fully saturated rings. The maximum Gasteiger partial charge on any atom is 0.0726 e. The summed E-state index contributed by atoms with van der Waals surface area (Å²) >= 11 is 0. The SMILES string of the molecule is CC1(C)c2ccc(-c3ccccc3)cc2-c2ccc(N(c3cccc(N(c4cccc(-c5ccccc5)c4)c4cccc(N(c5ccccc5)c5ccc6c(c5)C5(c7ccccc7-c7ccccc75)c5ccccc5-6)c4)c3)c3ccc(-c4ccccc4)c(-c4ccccc4)c3)cc21. The number of hydrogen-bond donors (Lipinski definition) is 0. The summed E-state index contributed by atoms with van der Waals surface area (Å²) in [5.74, 6) is 0. The molecule has 1 spiro atoms. The largest absolute Gasteiger partial charge is 0.310 e. The van der Waals surface area contributed by atoms with Gasteiger partial charge < -0.3 is 14.7 Å². The van der Waals surface area contributed by atoms with Gasteiger partial charge in [-0.15, -0.1) is 0 Å². The zero-order valence-electron chi connectivity index (χ0n) is 54.1. The predicted octanol–water partition coefficient (Wildman–Crippen LogP) is 25.4. The summed E-state index contributed by atoms with van der Waals surface area (Å²) in [6.45, 7) is 4.78. The monoisotopic (exact) mass is 1240 g/mol. The van der Waals surface area contributed by atoms with Crippen molar-refractivity contribution in [3.63, 3.8) is 0 Å². The molecule has 0 aromatic heterocycles. The highest BCUT2D eigenvalue weighted by molar-refractivity contribution is 5.98. The molecule has 3 nitrogen and oxygen atoms in total. The van der Waals surface area contributed by atoms with E-state index in [9.17, 15) is 0 Å². The van der Waals surface area contributed by atoms with Crippen molar-refractivity contribution in [1.29, 1.82) is 0 Å². The molecule has 3 aliphatic rings. The number of benzene rings is 15. The fraction of sp³-hybridized carbons (Fsp3) is 0.0426. The highest BCUT2D eigenvalue weighted by Crippen LogP contribution is 2.64. The summed E-state index contributed by atoms with van der Waals surface area (Å²) in [4.78, 5) is 7.37. The van der Waals surface area contributed by atoms with Crippen molar-refractivity contribution in [3.05, 3.63) is 403 Å². The molecular weight excluding hydrogens is 1170 g/mol. The summed E-state index contributed by atoms with van der Waals surface area (Å²) in [6.07, 6.45) is 0. The third kappa shape index (κ3) is 9.48. The van der Waals surface area contributed by atoms with Crippen molar-refractivity contribution < 1.29 is 0 Å². The van der Waals surface area contributed by atoms with E-state index in [2.05, 4.69) is 399 Å². The van der Waals surface area contributed by atoms with Crippen LogP contribution in [0.25, 0.3) is 77.9 Å². The first-order valence-electron chi connectivity index (χ1n) is 33.7. The Labute approximate surface area is 568 Å². The van der Waals surface area contributed by atoms with Gasteiger partial charge in [0.25, 0.3) is 0 Å². The second-order valence-electron chi connectivity index (χ2n) is 26.4. The van der Waals surface area contributed by atoms with Crippen LogP contribution in [0, 0.1) is 0 Å². The first kappa shape index (κ1) is 57.4. The van der Waals surface area contributed by atoms with E-state index in [0.717, 1.165) is 73.4 Å². The van der Waals surface area contributed by atoms with Crippen LogP contribution in [0.15, 0.2) is 370 Å². The summed E-state index contributed by atoms with van der Waals surface area (Å²) in [5.41, 5.74) is 33.6. The van der Waals surface area contributed by atoms with Crippen molar-refractivity contribution in [1.82, 2.24) is 0 Å². The lowest BCUT2D eigenvalue weighted by Gasteiger charge is -2.33. The topological polar surface area (TPSA) is 9.72 Å². The smallest absolute Gasteiger partial charge is 0.0726 e. The normalized spacial score (nSPS) is 13.0. The molecule has 3 aliphatic carbocycles.